The van der Waals surface area contributed by atoms with Crippen molar-refractivity contribution in [3.05, 3.63) is 64.4 Å². The van der Waals surface area contributed by atoms with E-state index in [1.54, 1.807) is 23.1 Å². The molecule has 0 N–H and O–H groups in total. The molecule has 0 atom stereocenters. The van der Waals surface area contributed by atoms with Crippen LogP contribution in [0.5, 0.6) is 0 Å². The van der Waals surface area contributed by atoms with Crippen LogP contribution >= 0.6 is 15.9 Å². The predicted molar refractivity (Wildman–Crippen MR) is 88.7 cm³/mol. The van der Waals surface area contributed by atoms with Crippen LogP contribution in [0, 0.1) is 5.82 Å². The van der Waals surface area contributed by atoms with E-state index in [0.717, 1.165) is 23.2 Å². The molecule has 1 aliphatic rings. The summed E-state index contributed by atoms with van der Waals surface area (Å²) in [5.41, 5.74) is 1.29. The molecule has 2 aromatic rings. The number of amides is 1. The van der Waals surface area contributed by atoms with Gasteiger partial charge in [-0.2, -0.15) is 0 Å². The maximum atomic E-state index is 13.7. The van der Waals surface area contributed by atoms with Gasteiger partial charge in [-0.15, -0.1) is 0 Å². The molecule has 1 aliphatic heterocycles. The van der Waals surface area contributed by atoms with Crippen molar-refractivity contribution in [2.24, 2.45) is 0 Å². The molecule has 3 nitrogen and oxygen atoms in total. The van der Waals surface area contributed by atoms with Crippen LogP contribution in [0.2, 0.25) is 0 Å². The van der Waals surface area contributed by atoms with Crippen LogP contribution in [0.15, 0.2) is 53.0 Å². The summed E-state index contributed by atoms with van der Waals surface area (Å²) >= 11 is 3.42. The number of anilines is 1. The van der Waals surface area contributed by atoms with Crippen LogP contribution in [0.3, 0.4) is 0 Å². The highest BCUT2D eigenvalue weighted by atomic mass is 79.9. The van der Waals surface area contributed by atoms with Crippen molar-refractivity contribution in [1.29, 1.82) is 0 Å². The average Bonchev–Trinajstić information content (AvgIpc) is 2.56. The first-order valence-electron chi connectivity index (χ1n) is 7.19. The summed E-state index contributed by atoms with van der Waals surface area (Å²) in [7, 11) is 0. The molecule has 114 valence electrons. The molecule has 0 bridgehead atoms. The fourth-order valence-corrected chi connectivity index (χ4v) is 2.89. The third-order valence-corrected chi connectivity index (χ3v) is 4.39. The fraction of sp³-hybridized carbons (Fsp3) is 0.235. The Morgan fingerprint density at radius 2 is 1.59 bits per heavy atom. The van der Waals surface area contributed by atoms with Gasteiger partial charge in [0.25, 0.3) is 5.91 Å². The first-order chi connectivity index (χ1) is 10.6. The van der Waals surface area contributed by atoms with E-state index in [1.165, 1.54) is 6.07 Å². The van der Waals surface area contributed by atoms with Gasteiger partial charge in [0.15, 0.2) is 0 Å². The van der Waals surface area contributed by atoms with Crippen LogP contribution in [0.25, 0.3) is 0 Å². The van der Waals surface area contributed by atoms with Gasteiger partial charge in [0.2, 0.25) is 0 Å². The Morgan fingerprint density at radius 3 is 2.23 bits per heavy atom. The van der Waals surface area contributed by atoms with Gasteiger partial charge in [-0.1, -0.05) is 28.1 Å². The van der Waals surface area contributed by atoms with E-state index in [2.05, 4.69) is 33.0 Å². The molecule has 0 spiro atoms. The van der Waals surface area contributed by atoms with E-state index in [-0.39, 0.29) is 11.5 Å². The van der Waals surface area contributed by atoms with E-state index in [1.807, 2.05) is 12.1 Å². The zero-order valence-electron chi connectivity index (χ0n) is 12.0. The lowest BCUT2D eigenvalue weighted by atomic mass is 10.1. The summed E-state index contributed by atoms with van der Waals surface area (Å²) in [6, 6.07) is 14.3. The highest BCUT2D eigenvalue weighted by molar-refractivity contribution is 9.10. The Bertz CT molecular complexity index is 667. The van der Waals surface area contributed by atoms with E-state index >= 15 is 0 Å². The minimum absolute atomic E-state index is 0.152. The van der Waals surface area contributed by atoms with Gasteiger partial charge >= 0.3 is 0 Å². The lowest BCUT2D eigenvalue weighted by molar-refractivity contribution is 0.0742. The summed E-state index contributed by atoms with van der Waals surface area (Å²) in [5.74, 6) is -0.684. The zero-order valence-corrected chi connectivity index (χ0v) is 13.6. The Labute approximate surface area is 137 Å². The minimum atomic E-state index is -0.456. The maximum Gasteiger partial charge on any atom is 0.256 e. The Kier molecular flexibility index (Phi) is 4.43. The van der Waals surface area contributed by atoms with E-state index in [4.69, 9.17) is 0 Å². The topological polar surface area (TPSA) is 23.6 Å². The minimum Gasteiger partial charge on any atom is -0.368 e. The molecule has 1 saturated heterocycles. The Hall–Kier alpha value is -1.88. The van der Waals surface area contributed by atoms with Gasteiger partial charge in [0.05, 0.1) is 5.56 Å². The molecule has 1 fully saturated rings. The van der Waals surface area contributed by atoms with Crippen molar-refractivity contribution in [1.82, 2.24) is 4.90 Å². The molecule has 0 saturated carbocycles. The quantitative estimate of drug-likeness (QED) is 0.815. The van der Waals surface area contributed by atoms with Crippen molar-refractivity contribution in [3.63, 3.8) is 0 Å². The highest BCUT2D eigenvalue weighted by Crippen LogP contribution is 2.20. The lowest BCUT2D eigenvalue weighted by Gasteiger charge is -2.36. The number of halogens is 2. The SMILES string of the molecule is O=C(c1ccccc1F)N1CCN(c2ccc(Br)cc2)CC1. The molecule has 0 aromatic heterocycles. The first kappa shape index (κ1) is 15.0. The summed E-state index contributed by atoms with van der Waals surface area (Å²) in [5, 5.41) is 0. The zero-order chi connectivity index (χ0) is 15.5. The van der Waals surface area contributed by atoms with Gasteiger partial charge in [0.1, 0.15) is 5.82 Å². The average molecular weight is 363 g/mol. The number of nitrogens with zero attached hydrogens (tertiary/aromatic N) is 2. The molecule has 0 unspecified atom stereocenters. The molecule has 1 heterocycles. The third-order valence-electron chi connectivity index (χ3n) is 3.86. The molecule has 1 amide bonds. The molecule has 3 rings (SSSR count). The number of hydrogen-bond acceptors (Lipinski definition) is 2. The summed E-state index contributed by atoms with van der Waals surface area (Å²) in [4.78, 5) is 16.3. The second-order valence-electron chi connectivity index (χ2n) is 5.24. The highest BCUT2D eigenvalue weighted by Gasteiger charge is 2.23. The lowest BCUT2D eigenvalue weighted by Crippen LogP contribution is -2.49. The van der Waals surface area contributed by atoms with Gasteiger partial charge in [0, 0.05) is 36.3 Å². The van der Waals surface area contributed by atoms with Gasteiger partial charge in [-0.25, -0.2) is 4.39 Å². The Balaban J connectivity index is 1.65. The molecular weight excluding hydrogens is 347 g/mol. The number of rotatable bonds is 2. The van der Waals surface area contributed by atoms with E-state index in [9.17, 15) is 9.18 Å². The summed E-state index contributed by atoms with van der Waals surface area (Å²) in [6.45, 7) is 2.70. The Morgan fingerprint density at radius 1 is 0.955 bits per heavy atom. The second-order valence-corrected chi connectivity index (χ2v) is 6.15. The van der Waals surface area contributed by atoms with Crippen molar-refractivity contribution >= 4 is 27.5 Å². The monoisotopic (exact) mass is 362 g/mol. The molecule has 22 heavy (non-hydrogen) atoms. The van der Waals surface area contributed by atoms with E-state index in [0.29, 0.717) is 13.1 Å². The third kappa shape index (κ3) is 3.14. The molecule has 5 heteroatoms. The number of hydrogen-bond donors (Lipinski definition) is 0. The van der Waals surface area contributed by atoms with Crippen LogP contribution in [0.1, 0.15) is 10.4 Å². The number of carbonyl (C=O) groups excluding carboxylic acids is 1. The maximum absolute atomic E-state index is 13.7. The van der Waals surface area contributed by atoms with Crippen LogP contribution in [-0.2, 0) is 0 Å². The van der Waals surface area contributed by atoms with Gasteiger partial charge < -0.3 is 9.80 Å². The number of benzene rings is 2. The summed E-state index contributed by atoms with van der Waals surface area (Å²) in [6.07, 6.45) is 0. The van der Waals surface area contributed by atoms with Crippen LogP contribution in [-0.4, -0.2) is 37.0 Å². The predicted octanol–water partition coefficient (Wildman–Crippen LogP) is 3.55. The summed E-state index contributed by atoms with van der Waals surface area (Å²) < 4.78 is 14.8. The number of carbonyl (C=O) groups is 1. The van der Waals surface area contributed by atoms with Crippen molar-refractivity contribution < 1.29 is 9.18 Å². The molecular formula is C17H16BrFN2O. The van der Waals surface area contributed by atoms with Crippen molar-refractivity contribution in [3.8, 4) is 0 Å². The van der Waals surface area contributed by atoms with Crippen molar-refractivity contribution in [2.75, 3.05) is 31.1 Å². The van der Waals surface area contributed by atoms with Gasteiger partial charge in [-0.3, -0.25) is 4.79 Å². The van der Waals surface area contributed by atoms with Gasteiger partial charge in [-0.05, 0) is 36.4 Å². The van der Waals surface area contributed by atoms with E-state index < -0.39 is 5.82 Å². The normalized spacial score (nSPS) is 15.0. The van der Waals surface area contributed by atoms with Crippen LogP contribution < -0.4 is 4.90 Å². The standard InChI is InChI=1S/C17H16BrFN2O/c18-13-5-7-14(8-6-13)20-9-11-21(12-10-20)17(22)15-3-1-2-4-16(15)19/h1-8H,9-12H2. The first-order valence-corrected chi connectivity index (χ1v) is 7.99. The molecule has 0 aliphatic carbocycles. The number of piperazine rings is 1. The largest absolute Gasteiger partial charge is 0.368 e. The van der Waals surface area contributed by atoms with Crippen molar-refractivity contribution in [2.45, 2.75) is 0 Å². The fourth-order valence-electron chi connectivity index (χ4n) is 2.62. The molecule has 0 radical (unpaired) electrons. The van der Waals surface area contributed by atoms with Crippen LogP contribution in [0.4, 0.5) is 10.1 Å². The smallest absolute Gasteiger partial charge is 0.256 e. The second kappa shape index (κ2) is 6.48. The molecule has 2 aromatic carbocycles.